The van der Waals surface area contributed by atoms with Crippen molar-refractivity contribution in [2.75, 3.05) is 31.1 Å². The summed E-state index contributed by atoms with van der Waals surface area (Å²) in [7, 11) is 0. The molecule has 0 spiro atoms. The van der Waals surface area contributed by atoms with Gasteiger partial charge < -0.3 is 15.5 Å². The minimum atomic E-state index is -4.48. The first-order valence-corrected chi connectivity index (χ1v) is 15.4. The van der Waals surface area contributed by atoms with Crippen LogP contribution >= 0.6 is 0 Å². The number of hydrogen-bond acceptors (Lipinski definition) is 7. The van der Waals surface area contributed by atoms with Gasteiger partial charge in [0.2, 0.25) is 5.91 Å². The minimum absolute atomic E-state index is 0.352. The third kappa shape index (κ3) is 5.99. The van der Waals surface area contributed by atoms with Crippen LogP contribution in [0.3, 0.4) is 0 Å². The number of hydrogen-bond donors (Lipinski definition) is 2. The van der Waals surface area contributed by atoms with Crippen molar-refractivity contribution in [1.29, 1.82) is 5.26 Å². The summed E-state index contributed by atoms with van der Waals surface area (Å²) in [5.41, 5.74) is 3.79. The summed E-state index contributed by atoms with van der Waals surface area (Å²) in [6, 6.07) is 6.59. The molecule has 2 aliphatic heterocycles. The molecule has 0 bridgehead atoms. The number of fused-ring (bicyclic) bond motifs is 1. The third-order valence-corrected chi connectivity index (χ3v) is 9.45. The van der Waals surface area contributed by atoms with Crippen LogP contribution in [-0.2, 0) is 4.79 Å². The van der Waals surface area contributed by atoms with Crippen LogP contribution < -0.4 is 15.5 Å². The van der Waals surface area contributed by atoms with Crippen molar-refractivity contribution in [1.82, 2.24) is 35.0 Å². The highest BCUT2D eigenvalue weighted by Crippen LogP contribution is 2.38. The Kier molecular flexibility index (Phi) is 8.26. The number of piperidine rings is 2. The molecule has 6 rings (SSSR count). The molecule has 2 fully saturated rings. The molecule has 13 heteroatoms. The van der Waals surface area contributed by atoms with Crippen LogP contribution in [0.25, 0.3) is 27.8 Å². The van der Waals surface area contributed by atoms with Crippen molar-refractivity contribution in [2.24, 2.45) is 5.41 Å². The molecule has 0 saturated carbocycles. The molecular formula is C32H36F3N9O. The maximum absolute atomic E-state index is 13.1. The molecule has 1 unspecified atom stereocenters. The second-order valence-electron chi connectivity index (χ2n) is 12.1. The average molecular weight is 620 g/mol. The van der Waals surface area contributed by atoms with Gasteiger partial charge in [-0.15, -0.1) is 0 Å². The molecule has 4 aromatic heterocycles. The number of pyridine rings is 2. The zero-order valence-electron chi connectivity index (χ0n) is 25.3. The maximum atomic E-state index is 13.1. The number of nitrogens with zero attached hydrogens (tertiary/aromatic N) is 7. The quantitative estimate of drug-likeness (QED) is 0.295. The van der Waals surface area contributed by atoms with Crippen molar-refractivity contribution in [3.05, 3.63) is 54.7 Å². The van der Waals surface area contributed by atoms with Gasteiger partial charge in [-0.25, -0.2) is 9.50 Å². The molecule has 0 radical (unpaired) electrons. The summed E-state index contributed by atoms with van der Waals surface area (Å²) in [4.78, 5) is 19.7. The van der Waals surface area contributed by atoms with Crippen LogP contribution in [0.4, 0.5) is 19.0 Å². The van der Waals surface area contributed by atoms with Crippen LogP contribution in [0.1, 0.15) is 57.6 Å². The second-order valence-corrected chi connectivity index (χ2v) is 12.1. The first kappa shape index (κ1) is 30.6. The van der Waals surface area contributed by atoms with Gasteiger partial charge in [0.1, 0.15) is 17.9 Å². The highest BCUT2D eigenvalue weighted by Gasteiger charge is 2.44. The first-order valence-electron chi connectivity index (χ1n) is 15.4. The van der Waals surface area contributed by atoms with E-state index in [1.807, 2.05) is 42.2 Å². The zero-order valence-corrected chi connectivity index (χ0v) is 25.3. The van der Waals surface area contributed by atoms with Crippen LogP contribution in [0.2, 0.25) is 0 Å². The Labute approximate surface area is 259 Å². The molecule has 2 saturated heterocycles. The molecule has 6 heterocycles. The van der Waals surface area contributed by atoms with Gasteiger partial charge in [-0.2, -0.15) is 28.6 Å². The lowest BCUT2D eigenvalue weighted by Crippen LogP contribution is -2.53. The van der Waals surface area contributed by atoms with Gasteiger partial charge in [0.05, 0.1) is 34.9 Å². The van der Waals surface area contributed by atoms with E-state index in [4.69, 9.17) is 4.98 Å². The molecule has 45 heavy (non-hydrogen) atoms. The monoisotopic (exact) mass is 619 g/mol. The molecule has 2 aliphatic rings. The van der Waals surface area contributed by atoms with E-state index in [1.165, 1.54) is 0 Å². The van der Waals surface area contributed by atoms with Crippen molar-refractivity contribution in [3.8, 4) is 28.3 Å². The maximum Gasteiger partial charge on any atom is 0.408 e. The highest BCUT2D eigenvalue weighted by atomic mass is 19.4. The summed E-state index contributed by atoms with van der Waals surface area (Å²) in [5, 5.41) is 24.5. The van der Waals surface area contributed by atoms with Gasteiger partial charge in [-0.05, 0) is 70.3 Å². The van der Waals surface area contributed by atoms with E-state index in [0.29, 0.717) is 49.5 Å². The first-order chi connectivity index (χ1) is 21.6. The molecular weight excluding hydrogens is 583 g/mol. The fourth-order valence-electron chi connectivity index (χ4n) is 6.41. The largest absolute Gasteiger partial charge is 0.408 e. The summed E-state index contributed by atoms with van der Waals surface area (Å²) < 4.78 is 43.0. The predicted octanol–water partition coefficient (Wildman–Crippen LogP) is 5.12. The van der Waals surface area contributed by atoms with Crippen molar-refractivity contribution < 1.29 is 18.0 Å². The summed E-state index contributed by atoms with van der Waals surface area (Å²) >= 11 is 0. The van der Waals surface area contributed by atoms with Crippen molar-refractivity contribution in [2.45, 2.75) is 64.2 Å². The number of carbonyl (C=O) groups is 1. The Morgan fingerprint density at radius 3 is 2.51 bits per heavy atom. The van der Waals surface area contributed by atoms with Crippen LogP contribution in [0.5, 0.6) is 0 Å². The Bertz CT molecular complexity index is 1710. The molecule has 4 aromatic rings. The fourth-order valence-corrected chi connectivity index (χ4v) is 6.41. The second kappa shape index (κ2) is 12.2. The van der Waals surface area contributed by atoms with E-state index >= 15 is 0 Å². The number of alkyl halides is 3. The fraction of sp³-hybridized carbons (Fsp3) is 0.469. The van der Waals surface area contributed by atoms with E-state index in [2.05, 4.69) is 38.0 Å². The van der Waals surface area contributed by atoms with E-state index in [-0.39, 0.29) is 0 Å². The number of halogens is 3. The van der Waals surface area contributed by atoms with Gasteiger partial charge >= 0.3 is 6.18 Å². The van der Waals surface area contributed by atoms with Gasteiger partial charge in [0.15, 0.2) is 0 Å². The van der Waals surface area contributed by atoms with Crippen molar-refractivity contribution in [3.63, 3.8) is 0 Å². The van der Waals surface area contributed by atoms with Crippen LogP contribution in [0.15, 0.2) is 49.2 Å². The Balaban J connectivity index is 1.23. The van der Waals surface area contributed by atoms with E-state index in [1.54, 1.807) is 16.9 Å². The summed E-state index contributed by atoms with van der Waals surface area (Å²) in [5.74, 6) is 0.175. The van der Waals surface area contributed by atoms with E-state index < -0.39 is 23.5 Å². The Morgan fingerprint density at radius 2 is 1.87 bits per heavy atom. The summed E-state index contributed by atoms with van der Waals surface area (Å²) in [6.07, 6.45) is 8.03. The number of nitrogens with one attached hydrogen (secondary N) is 2. The normalized spacial score (nSPS) is 18.1. The number of carbonyl (C=O) groups excluding carboxylic acids is 1. The molecule has 0 aliphatic carbocycles. The van der Waals surface area contributed by atoms with E-state index in [9.17, 15) is 23.2 Å². The molecule has 0 aromatic carbocycles. The molecule has 1 amide bonds. The Hall–Kier alpha value is -4.44. The topological polar surface area (TPSA) is 116 Å². The number of anilines is 1. The molecule has 236 valence electrons. The van der Waals surface area contributed by atoms with Crippen molar-refractivity contribution >= 4 is 17.2 Å². The highest BCUT2D eigenvalue weighted by molar-refractivity contribution is 5.87. The van der Waals surface area contributed by atoms with Gasteiger partial charge in [0, 0.05) is 53.9 Å². The van der Waals surface area contributed by atoms with E-state index in [0.717, 1.165) is 60.9 Å². The van der Waals surface area contributed by atoms with Crippen LogP contribution in [0, 0.1) is 16.7 Å². The number of aromatic nitrogens is 5. The Morgan fingerprint density at radius 1 is 1.11 bits per heavy atom. The summed E-state index contributed by atoms with van der Waals surface area (Å²) in [6.45, 7) is 5.75. The lowest BCUT2D eigenvalue weighted by atomic mass is 9.75. The molecule has 1 atom stereocenters. The minimum Gasteiger partial charge on any atom is -0.357 e. The standard InChI is InChI=1S/C32H36F3N9O/c1-3-31(30(45)41-21(2)32(33,34)35)8-12-42(13-9-31)28-5-4-22(16-38-28)27-14-23(19-44-29(27)24(15-36)17-40-44)25-18-39-43(20-25)26-6-10-37-11-7-26/h4-5,14,16-21,26,37H,3,6-13H2,1-2H3,(H,41,45). The number of nitriles is 1. The lowest BCUT2D eigenvalue weighted by Gasteiger charge is -2.41. The molecule has 2 N–H and O–H groups in total. The lowest BCUT2D eigenvalue weighted by molar-refractivity contribution is -0.162. The predicted molar refractivity (Wildman–Crippen MR) is 163 cm³/mol. The van der Waals surface area contributed by atoms with Crippen LogP contribution in [-0.4, -0.2) is 68.7 Å². The van der Waals surface area contributed by atoms with Gasteiger partial charge in [0.25, 0.3) is 0 Å². The number of amides is 1. The molecule has 10 nitrogen and oxygen atoms in total. The number of rotatable bonds is 7. The average Bonchev–Trinajstić information content (AvgIpc) is 3.72. The zero-order chi connectivity index (χ0) is 31.8. The van der Waals surface area contributed by atoms with Gasteiger partial charge in [-0.3, -0.25) is 9.48 Å². The van der Waals surface area contributed by atoms with Gasteiger partial charge in [-0.1, -0.05) is 6.92 Å². The SMILES string of the molecule is CCC1(C(=O)NC(C)C(F)(F)F)CCN(c2ccc(-c3cc(-c4cnn(C5CCNCC5)c4)cn4ncc(C#N)c34)cn2)CC1. The third-order valence-electron chi connectivity index (χ3n) is 9.45. The smallest absolute Gasteiger partial charge is 0.357 e.